The molecule has 5 nitrogen and oxygen atoms in total. The average molecular weight is 244 g/mol. The van der Waals surface area contributed by atoms with E-state index in [1.165, 1.54) is 12.8 Å². The predicted molar refractivity (Wildman–Crippen MR) is 68.4 cm³/mol. The van der Waals surface area contributed by atoms with Crippen molar-refractivity contribution < 1.29 is 4.74 Å². The van der Waals surface area contributed by atoms with E-state index in [-0.39, 0.29) is 0 Å². The largest absolute Gasteiger partial charge is 0.477 e. The van der Waals surface area contributed by atoms with Crippen molar-refractivity contribution in [3.05, 3.63) is 24.5 Å². The van der Waals surface area contributed by atoms with Gasteiger partial charge in [0.15, 0.2) is 5.65 Å². The number of hydrogen-bond donors (Lipinski definition) is 1. The van der Waals surface area contributed by atoms with Crippen LogP contribution in [0.3, 0.4) is 0 Å². The average Bonchev–Trinajstić information content (AvgIpc) is 2.46. The Labute approximate surface area is 106 Å². The molecule has 2 aromatic heterocycles. The number of aromatic nitrogens is 3. The maximum Gasteiger partial charge on any atom is 0.215 e. The minimum absolute atomic E-state index is 0.630. The van der Waals surface area contributed by atoms with Crippen molar-refractivity contribution in [1.29, 1.82) is 0 Å². The minimum atomic E-state index is 0.630. The first-order chi connectivity index (χ1) is 8.92. The molecule has 1 fully saturated rings. The number of nitrogens with one attached hydrogen (secondary N) is 1. The van der Waals surface area contributed by atoms with Gasteiger partial charge in [0.25, 0.3) is 0 Å². The first-order valence-corrected chi connectivity index (χ1v) is 6.33. The van der Waals surface area contributed by atoms with Gasteiger partial charge in [-0.2, -0.15) is 4.98 Å². The number of fused-ring (bicyclic) bond motifs is 1. The lowest BCUT2D eigenvalue weighted by molar-refractivity contribution is 0.209. The molecular weight excluding hydrogens is 228 g/mol. The summed E-state index contributed by atoms with van der Waals surface area (Å²) in [6.07, 6.45) is 5.66. The van der Waals surface area contributed by atoms with Crippen molar-refractivity contribution in [2.45, 2.75) is 12.8 Å². The Hall–Kier alpha value is -1.75. The third-order valence-electron chi connectivity index (χ3n) is 3.23. The molecule has 18 heavy (non-hydrogen) atoms. The lowest BCUT2D eigenvalue weighted by atomic mass is 9.99. The number of nitrogens with zero attached hydrogens (tertiary/aromatic N) is 3. The third kappa shape index (κ3) is 2.56. The Morgan fingerprint density at radius 2 is 2.00 bits per heavy atom. The number of ether oxygens (including phenoxy) is 1. The number of rotatable bonds is 3. The van der Waals surface area contributed by atoms with E-state index >= 15 is 0 Å². The van der Waals surface area contributed by atoms with E-state index in [1.807, 2.05) is 12.1 Å². The van der Waals surface area contributed by atoms with Gasteiger partial charge < -0.3 is 10.1 Å². The molecule has 0 aliphatic carbocycles. The van der Waals surface area contributed by atoms with E-state index in [0.717, 1.165) is 25.2 Å². The van der Waals surface area contributed by atoms with Gasteiger partial charge in [-0.25, -0.2) is 4.98 Å². The summed E-state index contributed by atoms with van der Waals surface area (Å²) in [5, 5.41) is 3.35. The van der Waals surface area contributed by atoms with Gasteiger partial charge in [0.1, 0.15) is 5.52 Å². The van der Waals surface area contributed by atoms with Crippen molar-refractivity contribution in [1.82, 2.24) is 20.3 Å². The molecule has 1 aliphatic rings. The second kappa shape index (κ2) is 5.27. The summed E-state index contributed by atoms with van der Waals surface area (Å²) >= 11 is 0. The van der Waals surface area contributed by atoms with E-state index in [9.17, 15) is 0 Å². The van der Waals surface area contributed by atoms with Crippen LogP contribution in [0.25, 0.3) is 11.2 Å². The summed E-state index contributed by atoms with van der Waals surface area (Å²) in [5.41, 5.74) is 1.44. The number of piperidine rings is 1. The van der Waals surface area contributed by atoms with Crippen molar-refractivity contribution in [3.8, 4) is 5.88 Å². The smallest absolute Gasteiger partial charge is 0.215 e. The van der Waals surface area contributed by atoms with Gasteiger partial charge in [0.2, 0.25) is 5.88 Å². The van der Waals surface area contributed by atoms with E-state index in [4.69, 9.17) is 4.74 Å². The number of pyridine rings is 1. The third-order valence-corrected chi connectivity index (χ3v) is 3.23. The quantitative estimate of drug-likeness (QED) is 0.884. The van der Waals surface area contributed by atoms with Crippen LogP contribution in [-0.2, 0) is 0 Å². The van der Waals surface area contributed by atoms with Crippen LogP contribution < -0.4 is 10.1 Å². The summed E-state index contributed by atoms with van der Waals surface area (Å²) in [7, 11) is 0. The fraction of sp³-hybridized carbons (Fsp3) is 0.462. The van der Waals surface area contributed by atoms with Gasteiger partial charge in [0, 0.05) is 18.5 Å². The van der Waals surface area contributed by atoms with Crippen LogP contribution in [0.5, 0.6) is 5.88 Å². The lowest BCUT2D eigenvalue weighted by Crippen LogP contribution is -2.30. The van der Waals surface area contributed by atoms with E-state index in [1.54, 1.807) is 12.4 Å². The summed E-state index contributed by atoms with van der Waals surface area (Å²) < 4.78 is 5.75. The van der Waals surface area contributed by atoms with Crippen molar-refractivity contribution in [3.63, 3.8) is 0 Å². The summed E-state index contributed by atoms with van der Waals surface area (Å²) in [4.78, 5) is 12.7. The molecule has 5 heteroatoms. The Bertz CT molecular complexity index is 525. The van der Waals surface area contributed by atoms with Crippen LogP contribution in [0.4, 0.5) is 0 Å². The molecule has 0 amide bonds. The molecule has 3 rings (SSSR count). The molecule has 0 saturated carbocycles. The molecule has 1 aliphatic heterocycles. The SMILES string of the molecule is c1cnc2nc(OCC3CCNCC3)ccc2n1. The Balaban J connectivity index is 1.66. The summed E-state index contributed by atoms with van der Waals surface area (Å²) in [6.45, 7) is 2.91. The van der Waals surface area contributed by atoms with Crippen LogP contribution in [0.15, 0.2) is 24.5 Å². The first kappa shape index (κ1) is 11.3. The van der Waals surface area contributed by atoms with Crippen LogP contribution in [0.2, 0.25) is 0 Å². The fourth-order valence-electron chi connectivity index (χ4n) is 2.17. The highest BCUT2D eigenvalue weighted by atomic mass is 16.5. The Morgan fingerprint density at radius 1 is 1.17 bits per heavy atom. The second-order valence-electron chi connectivity index (χ2n) is 4.55. The highest BCUT2D eigenvalue weighted by Crippen LogP contribution is 2.16. The standard InChI is InChI=1S/C13H16N4O/c1-2-12(17-13-11(1)15-7-8-16-13)18-9-10-3-5-14-6-4-10/h1-2,7-8,10,14H,3-6,9H2. The van der Waals surface area contributed by atoms with Gasteiger partial charge in [0.05, 0.1) is 6.61 Å². The monoisotopic (exact) mass is 244 g/mol. The molecule has 3 heterocycles. The molecule has 0 radical (unpaired) electrons. The van der Waals surface area contributed by atoms with E-state index in [2.05, 4.69) is 20.3 Å². The molecule has 1 saturated heterocycles. The molecule has 1 N–H and O–H groups in total. The van der Waals surface area contributed by atoms with Gasteiger partial charge in [-0.15, -0.1) is 0 Å². The van der Waals surface area contributed by atoms with Gasteiger partial charge in [-0.05, 0) is 37.9 Å². The first-order valence-electron chi connectivity index (χ1n) is 6.33. The molecule has 0 aromatic carbocycles. The Morgan fingerprint density at radius 3 is 2.89 bits per heavy atom. The van der Waals surface area contributed by atoms with Crippen molar-refractivity contribution >= 4 is 11.2 Å². The van der Waals surface area contributed by atoms with Gasteiger partial charge in [-0.1, -0.05) is 0 Å². The van der Waals surface area contributed by atoms with Crippen LogP contribution in [0.1, 0.15) is 12.8 Å². The number of hydrogen-bond acceptors (Lipinski definition) is 5. The summed E-state index contributed by atoms with van der Waals surface area (Å²) in [6, 6.07) is 3.76. The molecule has 94 valence electrons. The highest BCUT2D eigenvalue weighted by Gasteiger charge is 2.13. The normalized spacial score (nSPS) is 16.9. The van der Waals surface area contributed by atoms with Gasteiger partial charge in [-0.3, -0.25) is 4.98 Å². The topological polar surface area (TPSA) is 59.9 Å². The predicted octanol–water partition coefficient (Wildman–Crippen LogP) is 1.40. The Kier molecular flexibility index (Phi) is 3.32. The van der Waals surface area contributed by atoms with Crippen molar-refractivity contribution in [2.75, 3.05) is 19.7 Å². The van der Waals surface area contributed by atoms with Crippen LogP contribution in [-0.4, -0.2) is 34.6 Å². The molecule has 2 aromatic rings. The molecular formula is C13H16N4O. The van der Waals surface area contributed by atoms with Crippen LogP contribution >= 0.6 is 0 Å². The zero-order valence-electron chi connectivity index (χ0n) is 10.2. The van der Waals surface area contributed by atoms with E-state index in [0.29, 0.717) is 17.4 Å². The minimum Gasteiger partial charge on any atom is -0.477 e. The molecule has 0 unspecified atom stereocenters. The van der Waals surface area contributed by atoms with Gasteiger partial charge >= 0.3 is 0 Å². The maximum absolute atomic E-state index is 5.75. The molecule has 0 atom stereocenters. The maximum atomic E-state index is 5.75. The fourth-order valence-corrected chi connectivity index (χ4v) is 2.17. The lowest BCUT2D eigenvalue weighted by Gasteiger charge is -2.22. The van der Waals surface area contributed by atoms with Crippen molar-refractivity contribution in [2.24, 2.45) is 5.92 Å². The summed E-state index contributed by atoms with van der Waals surface area (Å²) in [5.74, 6) is 1.27. The highest BCUT2D eigenvalue weighted by molar-refractivity contribution is 5.69. The van der Waals surface area contributed by atoms with E-state index < -0.39 is 0 Å². The molecule has 0 spiro atoms. The van der Waals surface area contributed by atoms with Crippen LogP contribution in [0, 0.1) is 5.92 Å². The second-order valence-corrected chi connectivity index (χ2v) is 4.55. The zero-order chi connectivity index (χ0) is 12.2. The zero-order valence-corrected chi connectivity index (χ0v) is 10.2. The molecule has 0 bridgehead atoms.